The molecule has 0 atom stereocenters. The van der Waals surface area contributed by atoms with Crippen LogP contribution in [0.25, 0.3) is 11.3 Å². The summed E-state index contributed by atoms with van der Waals surface area (Å²) >= 11 is 6.24. The Bertz CT molecular complexity index is 608. The van der Waals surface area contributed by atoms with Crippen molar-refractivity contribution < 1.29 is 9.84 Å². The van der Waals surface area contributed by atoms with Crippen molar-refractivity contribution >= 4 is 17.4 Å². The molecule has 0 unspecified atom stereocenters. The molecule has 6 heteroatoms. The van der Waals surface area contributed by atoms with Gasteiger partial charge in [0.25, 0.3) is 0 Å². The summed E-state index contributed by atoms with van der Waals surface area (Å²) < 4.78 is 5.18. The third-order valence-electron chi connectivity index (χ3n) is 2.90. The van der Waals surface area contributed by atoms with E-state index in [1.165, 1.54) is 7.11 Å². The van der Waals surface area contributed by atoms with Crippen LogP contribution in [0.4, 0.5) is 5.82 Å². The fourth-order valence-electron chi connectivity index (χ4n) is 2.00. The Morgan fingerprint density at radius 1 is 1.39 bits per heavy atom. The van der Waals surface area contributed by atoms with E-state index in [0.29, 0.717) is 33.4 Å². The Morgan fingerprint density at radius 2 is 2.06 bits per heavy atom. The van der Waals surface area contributed by atoms with Crippen molar-refractivity contribution in [1.29, 1.82) is 0 Å². The molecule has 4 N–H and O–H groups in total. The molecule has 1 aromatic carbocycles. The summed E-state index contributed by atoms with van der Waals surface area (Å²) in [5, 5.41) is 17.4. The molecule has 0 aliphatic heterocycles. The van der Waals surface area contributed by atoms with E-state index in [0.717, 1.165) is 5.56 Å². The predicted molar refractivity (Wildman–Crippen MR) is 71.1 cm³/mol. The van der Waals surface area contributed by atoms with Crippen LogP contribution < -0.4 is 10.5 Å². The Labute approximate surface area is 110 Å². The van der Waals surface area contributed by atoms with Crippen molar-refractivity contribution in [2.45, 2.75) is 13.8 Å². The van der Waals surface area contributed by atoms with Crippen LogP contribution in [0.15, 0.2) is 6.07 Å². The van der Waals surface area contributed by atoms with Gasteiger partial charge in [-0.3, -0.25) is 5.10 Å². The Hall–Kier alpha value is -1.88. The number of halogens is 1. The minimum absolute atomic E-state index is 0.0283. The molecule has 2 aromatic rings. The molecule has 0 saturated heterocycles. The number of nitrogens with one attached hydrogen (secondary N) is 1. The molecule has 2 rings (SSSR count). The zero-order chi connectivity index (χ0) is 13.4. The largest absolute Gasteiger partial charge is 0.504 e. The minimum atomic E-state index is 0.0283. The van der Waals surface area contributed by atoms with Crippen molar-refractivity contribution in [2.75, 3.05) is 12.8 Å². The van der Waals surface area contributed by atoms with Gasteiger partial charge in [-0.25, -0.2) is 0 Å². The summed E-state index contributed by atoms with van der Waals surface area (Å²) in [5.41, 5.74) is 8.16. The number of aromatic nitrogens is 2. The molecule has 0 spiro atoms. The average molecular weight is 268 g/mol. The first-order valence-electron chi connectivity index (χ1n) is 5.34. The lowest BCUT2D eigenvalue weighted by Crippen LogP contribution is -1.95. The first kappa shape index (κ1) is 12.6. The smallest absolute Gasteiger partial charge is 0.167 e. The molecule has 0 bridgehead atoms. The highest BCUT2D eigenvalue weighted by atomic mass is 35.5. The van der Waals surface area contributed by atoms with Gasteiger partial charge in [-0.05, 0) is 19.4 Å². The number of benzene rings is 1. The van der Waals surface area contributed by atoms with Crippen molar-refractivity contribution in [3.8, 4) is 22.8 Å². The second-order valence-corrected chi connectivity index (χ2v) is 4.41. The number of aromatic amines is 1. The predicted octanol–water partition coefficient (Wildman–Crippen LogP) is 2.64. The van der Waals surface area contributed by atoms with Crippen LogP contribution >= 0.6 is 11.6 Å². The number of methoxy groups -OCH3 is 1. The Balaban J connectivity index is 2.78. The van der Waals surface area contributed by atoms with E-state index in [9.17, 15) is 5.11 Å². The van der Waals surface area contributed by atoms with E-state index in [1.807, 2.05) is 6.92 Å². The van der Waals surface area contributed by atoms with Crippen LogP contribution in [0, 0.1) is 13.8 Å². The van der Waals surface area contributed by atoms with Gasteiger partial charge in [0.15, 0.2) is 11.5 Å². The number of hydrogen-bond acceptors (Lipinski definition) is 4. The molecule has 0 radical (unpaired) electrons. The lowest BCUT2D eigenvalue weighted by molar-refractivity contribution is 0.371. The quantitative estimate of drug-likeness (QED) is 0.781. The van der Waals surface area contributed by atoms with Crippen LogP contribution in [0.3, 0.4) is 0 Å². The van der Waals surface area contributed by atoms with E-state index in [2.05, 4.69) is 10.2 Å². The standard InChI is InChI=1S/C12H14ClN3O2/c1-5-9(7-4-8(14)16-15-7)11(17)12(18-3)6(2)10(5)13/h4,17H,1-3H3,(H3,14,15,16). The minimum Gasteiger partial charge on any atom is -0.504 e. The zero-order valence-corrected chi connectivity index (χ0v) is 11.1. The maximum absolute atomic E-state index is 10.3. The highest BCUT2D eigenvalue weighted by Crippen LogP contribution is 2.45. The molecular weight excluding hydrogens is 254 g/mol. The molecule has 18 heavy (non-hydrogen) atoms. The number of phenolic OH excluding ortho intramolecular Hbond substituents is 1. The Kier molecular flexibility index (Phi) is 3.09. The number of nitrogens with zero attached hydrogens (tertiary/aromatic N) is 1. The number of ether oxygens (including phenoxy) is 1. The second-order valence-electron chi connectivity index (χ2n) is 4.03. The maximum Gasteiger partial charge on any atom is 0.167 e. The number of aromatic hydroxyl groups is 1. The Morgan fingerprint density at radius 3 is 2.56 bits per heavy atom. The van der Waals surface area contributed by atoms with Gasteiger partial charge >= 0.3 is 0 Å². The average Bonchev–Trinajstić information content (AvgIpc) is 2.74. The van der Waals surface area contributed by atoms with E-state index >= 15 is 0 Å². The summed E-state index contributed by atoms with van der Waals surface area (Å²) in [6, 6.07) is 1.63. The molecule has 96 valence electrons. The molecule has 0 fully saturated rings. The maximum atomic E-state index is 10.3. The van der Waals surface area contributed by atoms with Gasteiger partial charge in [0.05, 0.1) is 17.8 Å². The van der Waals surface area contributed by atoms with Crippen LogP contribution in [-0.2, 0) is 0 Å². The SMILES string of the molecule is COc1c(C)c(Cl)c(C)c(-c2cc(N)n[nH]2)c1O. The molecule has 0 amide bonds. The van der Waals surface area contributed by atoms with Crippen LogP contribution in [-0.4, -0.2) is 22.4 Å². The van der Waals surface area contributed by atoms with E-state index in [4.69, 9.17) is 22.1 Å². The number of H-pyrrole nitrogens is 1. The summed E-state index contributed by atoms with van der Waals surface area (Å²) in [4.78, 5) is 0. The number of anilines is 1. The number of rotatable bonds is 2. The molecule has 1 heterocycles. The fourth-order valence-corrected chi connectivity index (χ4v) is 2.18. The van der Waals surface area contributed by atoms with Crippen LogP contribution in [0.2, 0.25) is 5.02 Å². The monoisotopic (exact) mass is 267 g/mol. The molecule has 5 nitrogen and oxygen atoms in total. The number of hydrogen-bond donors (Lipinski definition) is 3. The van der Waals surface area contributed by atoms with Crippen LogP contribution in [0.1, 0.15) is 11.1 Å². The lowest BCUT2D eigenvalue weighted by Gasteiger charge is -2.15. The van der Waals surface area contributed by atoms with Crippen molar-refractivity contribution in [3.05, 3.63) is 22.2 Å². The summed E-state index contributed by atoms with van der Waals surface area (Å²) in [7, 11) is 1.48. The van der Waals surface area contributed by atoms with E-state index in [1.54, 1.807) is 13.0 Å². The lowest BCUT2D eigenvalue weighted by atomic mass is 10.00. The zero-order valence-electron chi connectivity index (χ0n) is 10.3. The molecule has 0 aliphatic carbocycles. The summed E-state index contributed by atoms with van der Waals surface area (Å²) in [5.74, 6) is 0.730. The van der Waals surface area contributed by atoms with Crippen LogP contribution in [0.5, 0.6) is 11.5 Å². The van der Waals surface area contributed by atoms with E-state index in [-0.39, 0.29) is 5.75 Å². The third-order valence-corrected chi connectivity index (χ3v) is 3.46. The highest BCUT2D eigenvalue weighted by Gasteiger charge is 2.21. The van der Waals surface area contributed by atoms with Crippen molar-refractivity contribution in [2.24, 2.45) is 0 Å². The number of nitrogens with two attached hydrogens (primary N) is 1. The van der Waals surface area contributed by atoms with Gasteiger partial charge in [-0.15, -0.1) is 0 Å². The topological polar surface area (TPSA) is 84.2 Å². The van der Waals surface area contributed by atoms with Gasteiger partial charge in [0.2, 0.25) is 0 Å². The van der Waals surface area contributed by atoms with Gasteiger partial charge in [0, 0.05) is 17.2 Å². The first-order chi connectivity index (χ1) is 8.47. The number of phenols is 1. The normalized spacial score (nSPS) is 10.7. The fraction of sp³-hybridized carbons (Fsp3) is 0.250. The van der Waals surface area contributed by atoms with Gasteiger partial charge < -0.3 is 15.6 Å². The molecule has 0 saturated carbocycles. The molecule has 0 aliphatic rings. The van der Waals surface area contributed by atoms with Gasteiger partial charge in [-0.2, -0.15) is 5.10 Å². The second kappa shape index (κ2) is 4.42. The summed E-state index contributed by atoms with van der Waals surface area (Å²) in [6.45, 7) is 3.61. The van der Waals surface area contributed by atoms with Gasteiger partial charge in [0.1, 0.15) is 5.82 Å². The van der Waals surface area contributed by atoms with Crippen molar-refractivity contribution in [1.82, 2.24) is 10.2 Å². The molecule has 1 aromatic heterocycles. The third kappa shape index (κ3) is 1.76. The highest BCUT2D eigenvalue weighted by molar-refractivity contribution is 6.33. The van der Waals surface area contributed by atoms with E-state index < -0.39 is 0 Å². The van der Waals surface area contributed by atoms with Crippen molar-refractivity contribution in [3.63, 3.8) is 0 Å². The summed E-state index contributed by atoms with van der Waals surface area (Å²) in [6.07, 6.45) is 0. The number of nitrogen functional groups attached to an aromatic ring is 1. The molecular formula is C12H14ClN3O2. The first-order valence-corrected chi connectivity index (χ1v) is 5.72. The van der Waals surface area contributed by atoms with Gasteiger partial charge in [-0.1, -0.05) is 11.6 Å².